The lowest BCUT2D eigenvalue weighted by atomic mass is 9.88. The topological polar surface area (TPSA) is 71.2 Å². The summed E-state index contributed by atoms with van der Waals surface area (Å²) >= 11 is 0. The lowest BCUT2D eigenvalue weighted by molar-refractivity contribution is 0.100. The van der Waals surface area contributed by atoms with Crippen LogP contribution in [0.5, 0.6) is 0 Å². The summed E-state index contributed by atoms with van der Waals surface area (Å²) < 4.78 is 0. The molecule has 1 amide bonds. The van der Waals surface area contributed by atoms with Crippen LogP contribution in [0.25, 0.3) is 0 Å². The van der Waals surface area contributed by atoms with Gasteiger partial charge < -0.3 is 16.0 Å². The summed E-state index contributed by atoms with van der Waals surface area (Å²) in [6.45, 7) is 5.03. The quantitative estimate of drug-likeness (QED) is 0.883. The minimum absolute atomic E-state index is 0.392. The average Bonchev–Trinajstić information content (AvgIpc) is 3.01. The Bertz CT molecular complexity index is 517. The maximum Gasteiger partial charge on any atom is 0.252 e. The van der Waals surface area contributed by atoms with Crippen molar-refractivity contribution in [2.24, 2.45) is 11.7 Å². The zero-order valence-corrected chi connectivity index (χ0v) is 12.6. The van der Waals surface area contributed by atoms with Crippen LogP contribution in [0.2, 0.25) is 0 Å². The number of nitrogens with zero attached hydrogens (tertiary/aromatic N) is 2. The normalized spacial score (nSPS) is 23.5. The summed E-state index contributed by atoms with van der Waals surface area (Å²) in [7, 11) is 0. The van der Waals surface area contributed by atoms with Gasteiger partial charge in [0, 0.05) is 24.8 Å². The maximum atomic E-state index is 11.6. The van der Waals surface area contributed by atoms with Gasteiger partial charge in [-0.25, -0.2) is 4.98 Å². The van der Waals surface area contributed by atoms with E-state index in [1.807, 2.05) is 13.0 Å². The molecule has 1 atom stereocenters. The molecule has 1 unspecified atom stereocenters. The number of aryl methyl sites for hydroxylation is 1. The molecule has 3 N–H and O–H groups in total. The van der Waals surface area contributed by atoms with Gasteiger partial charge in [0.25, 0.3) is 5.91 Å². The number of carbonyl (C=O) groups excluding carboxylic acids is 1. The number of amides is 1. The predicted molar refractivity (Wildman–Crippen MR) is 83.5 cm³/mol. The number of rotatable bonds is 3. The van der Waals surface area contributed by atoms with Crippen molar-refractivity contribution in [1.29, 1.82) is 0 Å². The van der Waals surface area contributed by atoms with Crippen LogP contribution >= 0.6 is 0 Å². The molecule has 0 bridgehead atoms. The summed E-state index contributed by atoms with van der Waals surface area (Å²) in [6.07, 6.45) is 4.92. The van der Waals surface area contributed by atoms with Crippen LogP contribution in [0.1, 0.15) is 41.7 Å². The highest BCUT2D eigenvalue weighted by molar-refractivity contribution is 5.97. The third-order valence-electron chi connectivity index (χ3n) is 4.79. The van der Waals surface area contributed by atoms with E-state index in [9.17, 15) is 4.79 Å². The highest BCUT2D eigenvalue weighted by Gasteiger charge is 2.29. The van der Waals surface area contributed by atoms with Gasteiger partial charge in [0.15, 0.2) is 0 Å². The van der Waals surface area contributed by atoms with Crippen molar-refractivity contribution in [3.63, 3.8) is 0 Å². The van der Waals surface area contributed by atoms with Crippen molar-refractivity contribution in [2.45, 2.75) is 38.6 Å². The van der Waals surface area contributed by atoms with Crippen molar-refractivity contribution in [3.8, 4) is 0 Å². The molecule has 1 aromatic rings. The molecule has 21 heavy (non-hydrogen) atoms. The molecule has 0 aromatic carbocycles. The van der Waals surface area contributed by atoms with E-state index in [0.717, 1.165) is 49.9 Å². The van der Waals surface area contributed by atoms with E-state index in [1.54, 1.807) is 6.07 Å². The summed E-state index contributed by atoms with van der Waals surface area (Å²) in [6, 6.07) is 4.33. The molecule has 5 heteroatoms. The Morgan fingerprint density at radius 1 is 1.33 bits per heavy atom. The minimum Gasteiger partial charge on any atom is -0.365 e. The third kappa shape index (κ3) is 3.02. The number of hydrogen-bond donors (Lipinski definition) is 2. The summed E-state index contributed by atoms with van der Waals surface area (Å²) in [5, 5.41) is 3.61. The van der Waals surface area contributed by atoms with E-state index in [-0.39, 0.29) is 0 Å². The zero-order valence-electron chi connectivity index (χ0n) is 12.6. The average molecular weight is 288 g/mol. The molecule has 3 rings (SSSR count). The second kappa shape index (κ2) is 6.02. The Labute approximate surface area is 125 Å². The van der Waals surface area contributed by atoms with Gasteiger partial charge in [-0.2, -0.15) is 0 Å². The first-order valence-electron chi connectivity index (χ1n) is 7.91. The first-order chi connectivity index (χ1) is 10.1. The number of primary amides is 1. The molecule has 0 radical (unpaired) electrons. The molecular formula is C16H24N4O. The van der Waals surface area contributed by atoms with Crippen molar-refractivity contribution in [1.82, 2.24) is 10.3 Å². The largest absolute Gasteiger partial charge is 0.365 e. The number of nitrogens with two attached hydrogens (primary N) is 1. The van der Waals surface area contributed by atoms with Crippen LogP contribution < -0.4 is 16.0 Å². The first kappa shape index (κ1) is 14.3. The van der Waals surface area contributed by atoms with Crippen molar-refractivity contribution < 1.29 is 4.79 Å². The molecule has 114 valence electrons. The minimum atomic E-state index is -0.392. The van der Waals surface area contributed by atoms with Crippen LogP contribution in [0.15, 0.2) is 12.1 Å². The van der Waals surface area contributed by atoms with Crippen molar-refractivity contribution >= 4 is 11.7 Å². The van der Waals surface area contributed by atoms with Crippen molar-refractivity contribution in [3.05, 3.63) is 23.4 Å². The van der Waals surface area contributed by atoms with Gasteiger partial charge in [0.2, 0.25) is 0 Å². The molecule has 3 heterocycles. The second-order valence-corrected chi connectivity index (χ2v) is 6.22. The number of hydrogen-bond acceptors (Lipinski definition) is 4. The Morgan fingerprint density at radius 3 is 2.71 bits per heavy atom. The van der Waals surface area contributed by atoms with Crippen LogP contribution in [0, 0.1) is 12.8 Å². The predicted octanol–water partition coefficient (Wildman–Crippen LogP) is 1.46. The second-order valence-electron chi connectivity index (χ2n) is 6.22. The Hall–Kier alpha value is -1.62. The van der Waals surface area contributed by atoms with E-state index in [0.29, 0.717) is 11.6 Å². The number of anilines is 1. The summed E-state index contributed by atoms with van der Waals surface area (Å²) in [4.78, 5) is 18.4. The number of nitrogens with one attached hydrogen (secondary N) is 1. The van der Waals surface area contributed by atoms with Crippen LogP contribution in [0.3, 0.4) is 0 Å². The Kier molecular flexibility index (Phi) is 4.10. The fourth-order valence-electron chi connectivity index (χ4n) is 3.60. The lowest BCUT2D eigenvalue weighted by Crippen LogP contribution is -2.41. The highest BCUT2D eigenvalue weighted by atomic mass is 16.1. The summed E-state index contributed by atoms with van der Waals surface area (Å²) in [5.41, 5.74) is 6.95. The standard InChI is InChI=1S/C16H24N4O/c1-11-4-5-13(15(17)21)16(19-11)20-9-6-12(7-10-20)14-3-2-8-18-14/h4-5,12,14,18H,2-3,6-10H2,1H3,(H2,17,21). The van der Waals surface area contributed by atoms with Gasteiger partial charge >= 0.3 is 0 Å². The Balaban J connectivity index is 1.71. The van der Waals surface area contributed by atoms with E-state index in [4.69, 9.17) is 5.73 Å². The maximum absolute atomic E-state index is 11.6. The van der Waals surface area contributed by atoms with Crippen molar-refractivity contribution in [2.75, 3.05) is 24.5 Å². The molecule has 2 fully saturated rings. The molecule has 5 nitrogen and oxygen atoms in total. The van der Waals surface area contributed by atoms with Gasteiger partial charge in [-0.15, -0.1) is 0 Å². The molecule has 2 aliphatic heterocycles. The number of pyridine rings is 1. The van der Waals surface area contributed by atoms with E-state index < -0.39 is 5.91 Å². The number of piperidine rings is 1. The van der Waals surface area contributed by atoms with E-state index >= 15 is 0 Å². The van der Waals surface area contributed by atoms with E-state index in [1.165, 1.54) is 12.8 Å². The molecule has 1 aromatic heterocycles. The van der Waals surface area contributed by atoms with E-state index in [2.05, 4.69) is 15.2 Å². The fourth-order valence-corrected chi connectivity index (χ4v) is 3.60. The molecule has 0 aliphatic carbocycles. The summed E-state index contributed by atoms with van der Waals surface area (Å²) in [5.74, 6) is 1.13. The number of aromatic nitrogens is 1. The SMILES string of the molecule is Cc1ccc(C(N)=O)c(N2CCC(C3CCCN3)CC2)n1. The van der Waals surface area contributed by atoms with Gasteiger partial charge in [0.1, 0.15) is 5.82 Å². The Morgan fingerprint density at radius 2 is 2.10 bits per heavy atom. The van der Waals surface area contributed by atoms with Crippen LogP contribution in [-0.4, -0.2) is 36.6 Å². The molecular weight excluding hydrogens is 264 g/mol. The first-order valence-corrected chi connectivity index (χ1v) is 7.91. The van der Waals surface area contributed by atoms with Gasteiger partial charge in [-0.05, 0) is 57.2 Å². The number of carbonyl (C=O) groups is 1. The lowest BCUT2D eigenvalue weighted by Gasteiger charge is -2.36. The fraction of sp³-hybridized carbons (Fsp3) is 0.625. The molecule has 2 saturated heterocycles. The molecule has 0 spiro atoms. The molecule has 2 aliphatic rings. The third-order valence-corrected chi connectivity index (χ3v) is 4.79. The van der Waals surface area contributed by atoms with Gasteiger partial charge in [0.05, 0.1) is 5.56 Å². The van der Waals surface area contributed by atoms with Crippen LogP contribution in [-0.2, 0) is 0 Å². The smallest absolute Gasteiger partial charge is 0.252 e. The van der Waals surface area contributed by atoms with Gasteiger partial charge in [-0.1, -0.05) is 0 Å². The van der Waals surface area contributed by atoms with Gasteiger partial charge in [-0.3, -0.25) is 4.79 Å². The monoisotopic (exact) mass is 288 g/mol. The zero-order chi connectivity index (χ0) is 14.8. The van der Waals surface area contributed by atoms with Crippen LogP contribution in [0.4, 0.5) is 5.82 Å². The highest BCUT2D eigenvalue weighted by Crippen LogP contribution is 2.29. The molecule has 0 saturated carbocycles.